The topological polar surface area (TPSA) is 278 Å². The van der Waals surface area contributed by atoms with E-state index in [9.17, 15) is 25.4 Å². The molecule has 31 heteroatoms. The predicted octanol–water partition coefficient (Wildman–Crippen LogP) is 11.4. The fourth-order valence-electron chi connectivity index (χ4n) is 15.6. The van der Waals surface area contributed by atoms with E-state index >= 15 is 0 Å². The molecule has 573 valence electrons. The van der Waals surface area contributed by atoms with Crippen LogP contribution in [0.2, 0.25) is 10.1 Å². The van der Waals surface area contributed by atoms with Gasteiger partial charge < -0.3 is 32.6 Å². The van der Waals surface area contributed by atoms with Crippen LogP contribution < -0.4 is 20.7 Å². The maximum atomic E-state index is 13.3. The van der Waals surface area contributed by atoms with E-state index in [1.165, 1.54) is 20.7 Å². The second kappa shape index (κ2) is 39.5. The minimum atomic E-state index is -3.50. The number of nitrogens with zero attached hydrogens (tertiary/aromatic N) is 6. The molecule has 0 amide bonds. The second-order valence-corrected chi connectivity index (χ2v) is 41.2. The number of esters is 2. The Morgan fingerprint density at radius 1 is 0.486 bits per heavy atom. The number of ether oxygens (including phenoxy) is 11. The summed E-state index contributed by atoms with van der Waals surface area (Å²) in [6, 6.07) is 57.2. The molecule has 0 bridgehead atoms. The normalized spacial score (nSPS) is 28.9. The van der Waals surface area contributed by atoms with Crippen molar-refractivity contribution in [3.8, 4) is 0 Å². The zero-order chi connectivity index (χ0) is 78.0. The standard InChI is InChI=1S/C78H99B4N6O17P2Si2/c1-49-52(4)98-62(45-92-53(5)89)69(67(49)94-43-55-31-19-13-20-32-55)103-75-65(85-87-83)72(105-107(79)80)71(64(101-75)48-97-109(78(10,11)12,59-39-27-17-28-40-59)60-41-29-18-30-42-60)102-74-51(3)68(95-44-56-33-21-14-22-34-56)70(63(100-74)46-93-54(6)90)104-76-66(86-88-84)73(106-82-81-91)50(2)61(99-76)47-96-108(77(7,8)9,57-35-23-15-24-36-57)58-37-25-16-26-38-58/h13-42,49-52,61-76,106H,43-48H2,1-12H3/t49?,50-,51?,52+,61?,62?,63?,64?,65?,66?,67+,68+,69?,70?,71-,72-,73+,74+,75-,76-/m1/s1. The first-order valence-corrected chi connectivity index (χ1v) is 43.4. The maximum absolute atomic E-state index is 13.3. The Bertz CT molecular complexity index is 3870. The average Bonchev–Trinajstić information content (AvgIpc) is 0.752. The van der Waals surface area contributed by atoms with Gasteiger partial charge in [-0.3, -0.25) is 4.79 Å². The van der Waals surface area contributed by atoms with E-state index in [2.05, 4.69) is 110 Å². The van der Waals surface area contributed by atoms with Gasteiger partial charge in [-0.2, -0.15) is 0 Å². The summed E-state index contributed by atoms with van der Waals surface area (Å²) >= 11 is 0. The van der Waals surface area contributed by atoms with Gasteiger partial charge in [0.05, 0.1) is 25.4 Å². The number of hydrogen-bond acceptors (Lipinski definition) is 19. The number of rotatable bonds is 33. The molecule has 0 aliphatic carbocycles. The van der Waals surface area contributed by atoms with Crippen molar-refractivity contribution in [2.45, 2.75) is 210 Å². The molecule has 4 fully saturated rings. The van der Waals surface area contributed by atoms with Gasteiger partial charge in [-0.1, -0.05) is 150 Å². The van der Waals surface area contributed by atoms with Crippen molar-refractivity contribution in [1.29, 1.82) is 0 Å². The quantitative estimate of drug-likeness (QED) is 0.00924. The van der Waals surface area contributed by atoms with Gasteiger partial charge in [-0.25, -0.2) is 0 Å². The van der Waals surface area contributed by atoms with E-state index in [0.29, 0.717) is 0 Å². The van der Waals surface area contributed by atoms with Crippen LogP contribution in [0, 0.1) is 17.8 Å². The molecule has 11 unspecified atom stereocenters. The van der Waals surface area contributed by atoms with Gasteiger partial charge in [-0.05, 0) is 33.4 Å². The molecule has 21 atom stereocenters. The summed E-state index contributed by atoms with van der Waals surface area (Å²) in [5.74, 6) is -2.80. The molecule has 6 aromatic rings. The first-order chi connectivity index (χ1) is 52.3. The third-order valence-electron chi connectivity index (χ3n) is 21.1. The molecule has 23 nitrogen and oxygen atoms in total. The molecule has 5 radical (unpaired) electrons. The van der Waals surface area contributed by atoms with Gasteiger partial charge in [0.25, 0.3) is 8.32 Å². The Kier molecular flexibility index (Phi) is 30.9. The predicted molar refractivity (Wildman–Crippen MR) is 426 cm³/mol. The summed E-state index contributed by atoms with van der Waals surface area (Å²) in [5.41, 5.74) is 22.5. The van der Waals surface area contributed by atoms with Gasteiger partial charge in [0.1, 0.15) is 52.2 Å². The van der Waals surface area contributed by atoms with Gasteiger partial charge in [0, 0.05) is 17.8 Å². The van der Waals surface area contributed by atoms with E-state index < -0.39 is 163 Å². The van der Waals surface area contributed by atoms with Crippen LogP contribution in [0.4, 0.5) is 0 Å². The van der Waals surface area contributed by atoms with Crippen molar-refractivity contribution in [2.24, 2.45) is 28.0 Å². The molecule has 109 heavy (non-hydrogen) atoms. The van der Waals surface area contributed by atoms with Crippen LogP contribution in [-0.2, 0) is 93.0 Å². The van der Waals surface area contributed by atoms with Gasteiger partial charge in [0.2, 0.25) is 0 Å². The van der Waals surface area contributed by atoms with Gasteiger partial charge in [0.15, 0.2) is 6.29 Å². The monoisotopic (exact) mass is 1550 g/mol. The summed E-state index contributed by atoms with van der Waals surface area (Å²) in [4.78, 5) is 32.8. The molecule has 4 heterocycles. The van der Waals surface area contributed by atoms with E-state index in [1.54, 1.807) is 0 Å². The summed E-state index contributed by atoms with van der Waals surface area (Å²) < 4.78 is 111. The van der Waals surface area contributed by atoms with Crippen molar-refractivity contribution in [2.75, 3.05) is 26.4 Å². The van der Waals surface area contributed by atoms with Crippen molar-refractivity contribution >= 4 is 94.7 Å². The Morgan fingerprint density at radius 3 is 1.26 bits per heavy atom. The Hall–Kier alpha value is -6.25. The van der Waals surface area contributed by atoms with Crippen LogP contribution >= 0.6 is 16.4 Å². The van der Waals surface area contributed by atoms with Crippen LogP contribution in [0.25, 0.3) is 20.9 Å². The fourth-order valence-corrected chi connectivity index (χ4v) is 26.5. The molecule has 0 spiro atoms. The van der Waals surface area contributed by atoms with E-state index in [0.717, 1.165) is 38.9 Å². The van der Waals surface area contributed by atoms with Gasteiger partial charge >= 0.3 is 322 Å². The van der Waals surface area contributed by atoms with Crippen molar-refractivity contribution in [3.63, 3.8) is 0 Å². The van der Waals surface area contributed by atoms with Crippen molar-refractivity contribution in [1.82, 2.24) is 0 Å². The van der Waals surface area contributed by atoms with E-state index in [1.807, 2.05) is 161 Å². The molecule has 4 saturated heterocycles. The number of hydrogen-bond donors (Lipinski definition) is 0. The molecule has 0 saturated carbocycles. The summed E-state index contributed by atoms with van der Waals surface area (Å²) in [6.45, 7) is 24.1. The minimum absolute atomic E-state index is 0.0188. The number of carbonyl (C=O) groups is 2. The molecule has 0 aromatic heterocycles. The third-order valence-corrected chi connectivity index (χ3v) is 33.2. The Morgan fingerprint density at radius 2 is 0.844 bits per heavy atom. The third kappa shape index (κ3) is 20.6. The fraction of sp³-hybridized carbons (Fsp3) is 0.513. The van der Waals surface area contributed by atoms with Crippen molar-refractivity contribution in [3.05, 3.63) is 214 Å². The molecule has 4 aliphatic rings. The molecule has 6 aromatic carbocycles. The van der Waals surface area contributed by atoms with Crippen LogP contribution in [0.15, 0.2) is 192 Å². The van der Waals surface area contributed by atoms with Crippen LogP contribution in [0.5, 0.6) is 0 Å². The first kappa shape index (κ1) is 85.2. The van der Waals surface area contributed by atoms with E-state index in [-0.39, 0.29) is 53.3 Å². The zero-order valence-corrected chi connectivity index (χ0v) is 67.9. The Labute approximate surface area is 649 Å². The zero-order valence-electron chi connectivity index (χ0n) is 64.0. The molecule has 0 N–H and O–H groups in total. The Balaban J connectivity index is 1.09. The summed E-state index contributed by atoms with van der Waals surface area (Å²) in [5, 5.41) is 11.8. The van der Waals surface area contributed by atoms with Crippen LogP contribution in [0.1, 0.15) is 94.2 Å². The number of azide groups is 2. The molecule has 4 aliphatic heterocycles. The number of benzene rings is 6. The molecular formula is C78H99B4N6O17P2Si2. The van der Waals surface area contributed by atoms with Crippen LogP contribution in [0.3, 0.4) is 0 Å². The summed E-state index contributed by atoms with van der Waals surface area (Å²) in [6.07, 6.45) is -15.9. The summed E-state index contributed by atoms with van der Waals surface area (Å²) in [7, 11) is 4.78. The van der Waals surface area contributed by atoms with Crippen LogP contribution in [-0.4, -0.2) is 188 Å². The average molecular weight is 1550 g/mol. The second-order valence-electron chi connectivity index (χ2n) is 30.3. The molecular weight excluding hydrogens is 1450 g/mol. The number of carbonyl (C=O) groups excluding carboxylic acids is 2. The SMILES string of the molecule is [B]P([B])O[C@@H]1C(N=[N+]=[N-])[C@@H](OC2C(COC(C)=O)O[C@@H](C)C(C)[C@@H]2OCc2ccccc2)OC(CO[Si](c2ccccc2)(c2ccccc2)C(C)(C)C)[C@H]1O[C@@H]1OC(COC(C)=O)C(O[C@H]2OC(CO[Si](c3ccccc3)(c3ccccc3)C(C)(C)C)[C@@H](C)[C@H](P[B]B=O)C2N=[N+]=[N-])[C@@H](OCc2ccccc2)C1C. The first-order valence-electron chi connectivity index (χ1n) is 37.1. The van der Waals surface area contributed by atoms with Gasteiger partial charge in [-0.15, -0.1) is 0 Å². The van der Waals surface area contributed by atoms with E-state index in [4.69, 9.17) is 80.6 Å². The molecule has 10 rings (SSSR count). The van der Waals surface area contributed by atoms with Crippen molar-refractivity contribution < 1.29 is 79.8 Å².